The minimum atomic E-state index is -0.357. The van der Waals surface area contributed by atoms with E-state index in [0.29, 0.717) is 5.58 Å². The van der Waals surface area contributed by atoms with Gasteiger partial charge in [0.1, 0.15) is 0 Å². The highest BCUT2D eigenvalue weighted by Gasteiger charge is 2.14. The largest absolute Gasteiger partial charge is 0.419 e. The summed E-state index contributed by atoms with van der Waals surface area (Å²) in [6.07, 6.45) is 0. The maximum absolute atomic E-state index is 11.4. The van der Waals surface area contributed by atoms with Crippen molar-refractivity contribution in [2.75, 3.05) is 0 Å². The van der Waals surface area contributed by atoms with Crippen molar-refractivity contribution < 1.29 is 4.42 Å². The second kappa shape index (κ2) is 4.30. The van der Waals surface area contributed by atoms with Gasteiger partial charge in [-0.1, -0.05) is 12.1 Å². The average molecular weight is 280 g/mol. The van der Waals surface area contributed by atoms with Crippen LogP contribution >= 0.6 is 22.9 Å². The average Bonchev–Trinajstić information content (AvgIpc) is 2.98. The maximum atomic E-state index is 11.4. The minimum Gasteiger partial charge on any atom is -0.408 e. The molecule has 1 unspecified atom stereocenters. The third-order valence-electron chi connectivity index (χ3n) is 2.90. The summed E-state index contributed by atoms with van der Waals surface area (Å²) in [7, 11) is 1.69. The first kappa shape index (κ1) is 11.6. The van der Waals surface area contributed by atoms with Gasteiger partial charge in [-0.3, -0.25) is 4.57 Å². The Labute approximate surface area is 112 Å². The van der Waals surface area contributed by atoms with Gasteiger partial charge >= 0.3 is 5.76 Å². The summed E-state index contributed by atoms with van der Waals surface area (Å²) in [4.78, 5) is 12.5. The molecule has 3 nitrogen and oxygen atoms in total. The van der Waals surface area contributed by atoms with Crippen LogP contribution in [0.15, 0.2) is 44.9 Å². The van der Waals surface area contributed by atoms with Crippen LogP contribution in [0, 0.1) is 0 Å². The van der Waals surface area contributed by atoms with Crippen molar-refractivity contribution in [3.8, 4) is 0 Å². The molecule has 0 bridgehead atoms. The van der Waals surface area contributed by atoms with Crippen LogP contribution in [0.5, 0.6) is 0 Å². The molecule has 0 aliphatic heterocycles. The molecule has 1 atom stereocenters. The van der Waals surface area contributed by atoms with Gasteiger partial charge < -0.3 is 4.42 Å². The molecule has 5 heteroatoms. The molecule has 0 N–H and O–H groups in total. The van der Waals surface area contributed by atoms with Crippen molar-refractivity contribution in [3.05, 3.63) is 56.7 Å². The fourth-order valence-corrected chi connectivity index (χ4v) is 3.00. The van der Waals surface area contributed by atoms with Gasteiger partial charge in [-0.25, -0.2) is 4.79 Å². The van der Waals surface area contributed by atoms with Crippen LogP contribution in [0.3, 0.4) is 0 Å². The molecule has 0 saturated heterocycles. The van der Waals surface area contributed by atoms with E-state index in [1.165, 1.54) is 4.57 Å². The van der Waals surface area contributed by atoms with E-state index >= 15 is 0 Å². The Morgan fingerprint density at radius 1 is 1.39 bits per heavy atom. The molecule has 92 valence electrons. The lowest BCUT2D eigenvalue weighted by Gasteiger charge is -2.07. The molecule has 0 radical (unpaired) electrons. The number of aromatic nitrogens is 1. The minimum absolute atomic E-state index is 0.208. The van der Waals surface area contributed by atoms with Gasteiger partial charge in [0.05, 0.1) is 10.9 Å². The van der Waals surface area contributed by atoms with E-state index in [4.69, 9.17) is 16.0 Å². The number of nitrogens with zero attached hydrogens (tertiary/aromatic N) is 1. The van der Waals surface area contributed by atoms with Crippen molar-refractivity contribution in [3.63, 3.8) is 0 Å². The summed E-state index contributed by atoms with van der Waals surface area (Å²) < 4.78 is 6.64. The molecule has 0 saturated carbocycles. The lowest BCUT2D eigenvalue weighted by atomic mass is 10.1. The second-order valence-electron chi connectivity index (χ2n) is 4.03. The topological polar surface area (TPSA) is 35.1 Å². The zero-order valence-corrected chi connectivity index (χ0v) is 11.2. The molecule has 0 amide bonds. The summed E-state index contributed by atoms with van der Waals surface area (Å²) in [6, 6.07) is 9.57. The Kier molecular flexibility index (Phi) is 2.76. The van der Waals surface area contributed by atoms with Crippen LogP contribution in [-0.4, -0.2) is 4.57 Å². The van der Waals surface area contributed by atoms with Gasteiger partial charge in [0.25, 0.3) is 0 Å². The first-order chi connectivity index (χ1) is 8.66. The first-order valence-corrected chi connectivity index (χ1v) is 6.75. The van der Waals surface area contributed by atoms with Gasteiger partial charge in [-0.05, 0) is 29.1 Å². The maximum Gasteiger partial charge on any atom is 0.419 e. The Bertz CT molecular complexity index is 742. The highest BCUT2D eigenvalue weighted by Crippen LogP contribution is 2.33. The number of aryl methyl sites for hydroxylation is 1. The van der Waals surface area contributed by atoms with Crippen LogP contribution < -0.4 is 5.76 Å². The third-order valence-corrected chi connectivity index (χ3v) is 4.46. The van der Waals surface area contributed by atoms with E-state index in [2.05, 4.69) is 0 Å². The number of thiophene rings is 1. The number of hydrogen-bond acceptors (Lipinski definition) is 3. The highest BCUT2D eigenvalue weighted by atomic mass is 35.5. The molecule has 0 fully saturated rings. The SMILES string of the molecule is Cn1c(=O)oc2cc(C(Cl)c3cccs3)ccc21. The lowest BCUT2D eigenvalue weighted by Crippen LogP contribution is -2.08. The molecule has 3 rings (SSSR count). The number of oxazole rings is 1. The number of halogens is 1. The van der Waals surface area contributed by atoms with Gasteiger partial charge in [-0.2, -0.15) is 0 Å². The molecule has 2 aromatic heterocycles. The van der Waals surface area contributed by atoms with Gasteiger partial charge in [0.2, 0.25) is 0 Å². The Morgan fingerprint density at radius 3 is 2.94 bits per heavy atom. The van der Waals surface area contributed by atoms with Crippen LogP contribution in [0.1, 0.15) is 15.8 Å². The van der Waals surface area contributed by atoms with Crippen molar-refractivity contribution in [1.82, 2.24) is 4.57 Å². The number of hydrogen-bond donors (Lipinski definition) is 0. The molecular weight excluding hydrogens is 270 g/mol. The van der Waals surface area contributed by atoms with Crippen LogP contribution in [0.2, 0.25) is 0 Å². The summed E-state index contributed by atoms with van der Waals surface area (Å²) in [5, 5.41) is 1.78. The normalized spacial score (nSPS) is 13.0. The van der Waals surface area contributed by atoms with E-state index in [-0.39, 0.29) is 11.1 Å². The Balaban J connectivity index is 2.11. The highest BCUT2D eigenvalue weighted by molar-refractivity contribution is 7.10. The third kappa shape index (κ3) is 1.78. The smallest absolute Gasteiger partial charge is 0.408 e. The van der Waals surface area contributed by atoms with Crippen LogP contribution in [-0.2, 0) is 7.05 Å². The summed E-state index contributed by atoms with van der Waals surface area (Å²) >= 11 is 8.01. The van der Waals surface area contributed by atoms with E-state index in [0.717, 1.165) is 16.0 Å². The zero-order chi connectivity index (χ0) is 12.7. The molecule has 0 spiro atoms. The van der Waals surface area contributed by atoms with E-state index in [9.17, 15) is 4.79 Å². The number of rotatable bonds is 2. The van der Waals surface area contributed by atoms with E-state index in [1.807, 2.05) is 35.7 Å². The summed E-state index contributed by atoms with van der Waals surface area (Å²) in [5.74, 6) is -0.357. The molecule has 0 aliphatic carbocycles. The molecule has 2 heterocycles. The zero-order valence-electron chi connectivity index (χ0n) is 9.59. The second-order valence-corrected chi connectivity index (χ2v) is 5.45. The fourth-order valence-electron chi connectivity index (χ4n) is 1.91. The molecule has 3 aromatic rings. The number of fused-ring (bicyclic) bond motifs is 1. The van der Waals surface area contributed by atoms with Gasteiger partial charge in [0.15, 0.2) is 5.58 Å². The van der Waals surface area contributed by atoms with Gasteiger partial charge in [-0.15, -0.1) is 22.9 Å². The summed E-state index contributed by atoms with van der Waals surface area (Å²) in [5.41, 5.74) is 2.28. The summed E-state index contributed by atoms with van der Waals surface area (Å²) in [6.45, 7) is 0. The van der Waals surface area contributed by atoms with Crippen LogP contribution in [0.25, 0.3) is 11.1 Å². The number of benzene rings is 1. The predicted octanol–water partition coefficient (Wildman–Crippen LogP) is 3.52. The molecular formula is C13H10ClNO2S. The Morgan fingerprint density at radius 2 is 2.22 bits per heavy atom. The quantitative estimate of drug-likeness (QED) is 0.673. The first-order valence-electron chi connectivity index (χ1n) is 5.44. The molecule has 18 heavy (non-hydrogen) atoms. The van der Waals surface area contributed by atoms with Crippen LogP contribution in [0.4, 0.5) is 0 Å². The monoisotopic (exact) mass is 279 g/mol. The van der Waals surface area contributed by atoms with Gasteiger partial charge in [0, 0.05) is 11.9 Å². The van der Waals surface area contributed by atoms with Crippen molar-refractivity contribution in [2.45, 2.75) is 5.38 Å². The fraction of sp³-hybridized carbons (Fsp3) is 0.154. The Hall–Kier alpha value is -1.52. The number of alkyl halides is 1. The molecule has 0 aliphatic rings. The molecule has 1 aromatic carbocycles. The van der Waals surface area contributed by atoms with E-state index in [1.54, 1.807) is 18.4 Å². The van der Waals surface area contributed by atoms with E-state index < -0.39 is 0 Å². The predicted molar refractivity (Wildman–Crippen MR) is 73.5 cm³/mol. The van der Waals surface area contributed by atoms with Crippen molar-refractivity contribution >= 4 is 34.0 Å². The lowest BCUT2D eigenvalue weighted by molar-refractivity contribution is 0.528. The van der Waals surface area contributed by atoms with Crippen molar-refractivity contribution in [2.24, 2.45) is 7.05 Å². The standard InChI is InChI=1S/C13H10ClNO2S/c1-15-9-5-4-8(7-10(9)17-13(15)16)12(14)11-3-2-6-18-11/h2-7,12H,1H3. The van der Waals surface area contributed by atoms with Crippen molar-refractivity contribution in [1.29, 1.82) is 0 Å².